The number of ether oxygens (including phenoxy) is 1. The molecule has 0 saturated carbocycles. The van der Waals surface area contributed by atoms with Gasteiger partial charge < -0.3 is 8.92 Å². The Balaban J connectivity index is 1.76. The molecule has 42 heavy (non-hydrogen) atoms. The van der Waals surface area contributed by atoms with Crippen LogP contribution in [0.1, 0.15) is 25.0 Å². The second-order valence-corrected chi connectivity index (χ2v) is 13.3. The van der Waals surface area contributed by atoms with E-state index in [2.05, 4.69) is 31.2 Å². The number of aryl methyl sites for hydroxylation is 1. The van der Waals surface area contributed by atoms with Crippen LogP contribution in [0.3, 0.4) is 0 Å². The third-order valence-electron chi connectivity index (χ3n) is 5.73. The van der Waals surface area contributed by atoms with Gasteiger partial charge in [-0.15, -0.1) is 0 Å². The van der Waals surface area contributed by atoms with Crippen LogP contribution in [0.25, 0.3) is 0 Å². The molecule has 16 heteroatoms. The molecular weight excluding hydrogens is 656 g/mol. The van der Waals surface area contributed by atoms with Gasteiger partial charge in [-0.2, -0.15) is 18.2 Å². The van der Waals surface area contributed by atoms with Crippen molar-refractivity contribution in [1.29, 1.82) is 0 Å². The van der Waals surface area contributed by atoms with E-state index in [0.717, 1.165) is 29.8 Å². The molecule has 1 amide bonds. The standard InChI is InChI=1S/C26H27BrN4O9S2/c1-16(2)24(30-41(35,36)20-9-5-17(3)6-10-20)26(32)29-28-15-18-13-22(27)25(23(14-18)39-4)40-42(37,38)21-11-7-19(8-12-21)31(33)34/h5-16,24,30H,1-4H3,(H,29,32)/b28-15-/t24-/m0/s1. The van der Waals surface area contributed by atoms with Crippen LogP contribution in [0.15, 0.2) is 80.0 Å². The Labute approximate surface area is 251 Å². The summed E-state index contributed by atoms with van der Waals surface area (Å²) in [6.07, 6.45) is 1.24. The number of nitro groups is 1. The minimum atomic E-state index is -4.39. The summed E-state index contributed by atoms with van der Waals surface area (Å²) in [6, 6.07) is 12.1. The first kappa shape index (κ1) is 32.7. The highest BCUT2D eigenvalue weighted by Gasteiger charge is 2.28. The normalized spacial score (nSPS) is 12.7. The molecule has 0 aliphatic rings. The first-order valence-electron chi connectivity index (χ1n) is 12.1. The average Bonchev–Trinajstić information content (AvgIpc) is 2.93. The molecular formula is C26H27BrN4O9S2. The molecule has 13 nitrogen and oxygen atoms in total. The van der Waals surface area contributed by atoms with Gasteiger partial charge in [0.15, 0.2) is 11.5 Å². The highest BCUT2D eigenvalue weighted by Crippen LogP contribution is 2.38. The highest BCUT2D eigenvalue weighted by atomic mass is 79.9. The van der Waals surface area contributed by atoms with E-state index < -0.39 is 42.9 Å². The van der Waals surface area contributed by atoms with Crippen molar-refractivity contribution in [2.24, 2.45) is 11.0 Å². The van der Waals surface area contributed by atoms with Crippen LogP contribution in [-0.2, 0) is 24.9 Å². The number of amides is 1. The predicted molar refractivity (Wildman–Crippen MR) is 157 cm³/mol. The van der Waals surface area contributed by atoms with Crippen LogP contribution < -0.4 is 19.1 Å². The number of carbonyl (C=O) groups excluding carboxylic acids is 1. The van der Waals surface area contributed by atoms with Crippen molar-refractivity contribution in [3.8, 4) is 11.5 Å². The highest BCUT2D eigenvalue weighted by molar-refractivity contribution is 9.10. The van der Waals surface area contributed by atoms with Gasteiger partial charge in [-0.1, -0.05) is 31.5 Å². The van der Waals surface area contributed by atoms with E-state index in [4.69, 9.17) is 8.92 Å². The van der Waals surface area contributed by atoms with Crippen LogP contribution in [-0.4, -0.2) is 47.0 Å². The van der Waals surface area contributed by atoms with Crippen LogP contribution in [0, 0.1) is 23.0 Å². The zero-order valence-electron chi connectivity index (χ0n) is 22.8. The topological polar surface area (TPSA) is 183 Å². The fourth-order valence-corrected chi connectivity index (χ4v) is 6.42. The van der Waals surface area contributed by atoms with Gasteiger partial charge in [0.25, 0.3) is 11.6 Å². The molecule has 0 aliphatic carbocycles. The van der Waals surface area contributed by atoms with E-state index in [9.17, 15) is 31.7 Å². The number of nitro benzene ring substituents is 1. The van der Waals surface area contributed by atoms with Crippen molar-refractivity contribution in [3.05, 3.63) is 86.4 Å². The van der Waals surface area contributed by atoms with Crippen molar-refractivity contribution in [2.45, 2.75) is 36.6 Å². The number of nitrogens with zero attached hydrogens (tertiary/aromatic N) is 2. The number of methoxy groups -OCH3 is 1. The van der Waals surface area contributed by atoms with E-state index in [0.29, 0.717) is 5.56 Å². The lowest BCUT2D eigenvalue weighted by Gasteiger charge is -2.20. The molecule has 2 N–H and O–H groups in total. The maximum atomic E-state index is 12.8. The van der Waals surface area contributed by atoms with Gasteiger partial charge in [0.05, 0.1) is 27.6 Å². The number of halogens is 1. The molecule has 0 spiro atoms. The van der Waals surface area contributed by atoms with Crippen molar-refractivity contribution < 1.29 is 35.5 Å². The Morgan fingerprint density at radius 1 is 1.02 bits per heavy atom. The third-order valence-corrected chi connectivity index (χ3v) is 9.01. The Kier molecular flexibility index (Phi) is 10.4. The number of sulfonamides is 1. The van der Waals surface area contributed by atoms with Crippen molar-refractivity contribution in [2.75, 3.05) is 7.11 Å². The fourth-order valence-electron chi connectivity index (χ4n) is 3.47. The SMILES string of the molecule is COc1cc(/C=N\NC(=O)[C@@H](NS(=O)(=O)c2ccc(C)cc2)C(C)C)cc(Br)c1OS(=O)(=O)c1ccc([N+](=O)[O-])cc1. The number of nitrogens with one attached hydrogen (secondary N) is 2. The summed E-state index contributed by atoms with van der Waals surface area (Å²) in [5.74, 6) is -1.31. The van der Waals surface area contributed by atoms with E-state index in [1.54, 1.807) is 26.0 Å². The Hall–Kier alpha value is -3.86. The molecule has 0 aromatic heterocycles. The van der Waals surface area contributed by atoms with Crippen LogP contribution in [0.2, 0.25) is 0 Å². The van der Waals surface area contributed by atoms with E-state index in [-0.39, 0.29) is 31.5 Å². The van der Waals surface area contributed by atoms with E-state index in [1.807, 2.05) is 6.92 Å². The van der Waals surface area contributed by atoms with Gasteiger partial charge in [-0.05, 0) is 70.7 Å². The maximum absolute atomic E-state index is 12.8. The quantitative estimate of drug-likeness (QED) is 0.124. The first-order chi connectivity index (χ1) is 19.6. The molecule has 0 aliphatic heterocycles. The number of hydrogen-bond acceptors (Lipinski definition) is 10. The van der Waals surface area contributed by atoms with Crippen LogP contribution >= 0.6 is 15.9 Å². The Bertz CT molecular complexity index is 1710. The summed E-state index contributed by atoms with van der Waals surface area (Å²) >= 11 is 3.23. The lowest BCUT2D eigenvalue weighted by Crippen LogP contribution is -2.48. The number of carbonyl (C=O) groups is 1. The largest absolute Gasteiger partial charge is 0.493 e. The molecule has 0 saturated heterocycles. The smallest absolute Gasteiger partial charge is 0.339 e. The van der Waals surface area contributed by atoms with Gasteiger partial charge in [0.2, 0.25) is 10.0 Å². The number of non-ortho nitro benzene ring substituents is 1. The predicted octanol–water partition coefficient (Wildman–Crippen LogP) is 3.90. The van der Waals surface area contributed by atoms with Crippen LogP contribution in [0.4, 0.5) is 5.69 Å². The lowest BCUT2D eigenvalue weighted by molar-refractivity contribution is -0.384. The van der Waals surface area contributed by atoms with Gasteiger partial charge in [-0.3, -0.25) is 14.9 Å². The van der Waals surface area contributed by atoms with Gasteiger partial charge in [-0.25, -0.2) is 13.8 Å². The molecule has 0 heterocycles. The van der Waals surface area contributed by atoms with Crippen molar-refractivity contribution in [1.82, 2.24) is 10.1 Å². The van der Waals surface area contributed by atoms with Gasteiger partial charge >= 0.3 is 10.1 Å². The fraction of sp³-hybridized carbons (Fsp3) is 0.231. The minimum absolute atomic E-state index is 0.00597. The van der Waals surface area contributed by atoms with E-state index in [1.165, 1.54) is 37.6 Å². The number of hydrogen-bond donors (Lipinski definition) is 2. The average molecular weight is 684 g/mol. The summed E-state index contributed by atoms with van der Waals surface area (Å²) < 4.78 is 64.2. The zero-order chi connectivity index (χ0) is 31.2. The number of hydrazone groups is 1. The molecule has 0 unspecified atom stereocenters. The summed E-state index contributed by atoms with van der Waals surface area (Å²) in [7, 11) is -7.09. The molecule has 3 aromatic carbocycles. The zero-order valence-corrected chi connectivity index (χ0v) is 26.0. The molecule has 3 aromatic rings. The number of rotatable bonds is 12. The van der Waals surface area contributed by atoms with E-state index >= 15 is 0 Å². The number of benzene rings is 3. The van der Waals surface area contributed by atoms with Crippen LogP contribution in [0.5, 0.6) is 11.5 Å². The third kappa shape index (κ3) is 8.12. The molecule has 0 fully saturated rings. The van der Waals surface area contributed by atoms with Crippen molar-refractivity contribution in [3.63, 3.8) is 0 Å². The minimum Gasteiger partial charge on any atom is -0.493 e. The molecule has 224 valence electrons. The molecule has 3 rings (SSSR count). The van der Waals surface area contributed by atoms with Gasteiger partial charge in [0.1, 0.15) is 10.9 Å². The Morgan fingerprint density at radius 2 is 1.62 bits per heavy atom. The summed E-state index contributed by atoms with van der Waals surface area (Å²) in [6.45, 7) is 5.18. The summed E-state index contributed by atoms with van der Waals surface area (Å²) in [5.41, 5.74) is 3.27. The second kappa shape index (κ2) is 13.4. The molecule has 0 bridgehead atoms. The maximum Gasteiger partial charge on any atom is 0.339 e. The second-order valence-electron chi connectivity index (χ2n) is 9.21. The monoisotopic (exact) mass is 682 g/mol. The summed E-state index contributed by atoms with van der Waals surface area (Å²) in [4.78, 5) is 22.7. The summed E-state index contributed by atoms with van der Waals surface area (Å²) in [5, 5.41) is 14.7. The lowest BCUT2D eigenvalue weighted by atomic mass is 10.1. The Morgan fingerprint density at radius 3 is 2.17 bits per heavy atom. The van der Waals surface area contributed by atoms with Gasteiger partial charge in [0, 0.05) is 12.1 Å². The molecule has 0 radical (unpaired) electrons. The molecule has 1 atom stereocenters. The van der Waals surface area contributed by atoms with Crippen molar-refractivity contribution >= 4 is 53.9 Å². The first-order valence-corrected chi connectivity index (χ1v) is 15.8.